The topological polar surface area (TPSA) is 38.9 Å². The minimum Gasteiger partial charge on any atom is -0.327 e. The predicted octanol–water partition coefficient (Wildman–Crippen LogP) is 1.80. The average molecular weight is 231 g/mol. The smallest absolute Gasteiger partial charge is 0.216 e. The summed E-state index contributed by atoms with van der Waals surface area (Å²) < 4.78 is 13.8. The van der Waals surface area contributed by atoms with E-state index in [2.05, 4.69) is 20.9 Å². The number of rotatable bonds is 1. The van der Waals surface area contributed by atoms with Gasteiger partial charge in [0, 0.05) is 28.2 Å². The molecule has 1 heterocycles. The van der Waals surface area contributed by atoms with Crippen LogP contribution in [0, 0.1) is 5.95 Å². The van der Waals surface area contributed by atoms with Crippen LogP contribution in [-0.2, 0) is 0 Å². The molecule has 64 valence electrons. The molecule has 0 unspecified atom stereocenters. The van der Waals surface area contributed by atoms with Crippen molar-refractivity contribution in [2.75, 3.05) is 0 Å². The molecule has 1 aliphatic rings. The molecule has 0 amide bonds. The second kappa shape index (κ2) is 2.78. The number of hydrogen-bond acceptors (Lipinski definition) is 2. The van der Waals surface area contributed by atoms with Gasteiger partial charge in [0.15, 0.2) is 0 Å². The monoisotopic (exact) mass is 230 g/mol. The summed E-state index contributed by atoms with van der Waals surface area (Å²) >= 11 is 3.24. The van der Waals surface area contributed by atoms with E-state index in [4.69, 9.17) is 5.73 Å². The minimum atomic E-state index is -0.392. The maximum Gasteiger partial charge on any atom is 0.216 e. The molecule has 1 saturated carbocycles. The Morgan fingerprint density at radius 2 is 2.33 bits per heavy atom. The zero-order valence-corrected chi connectivity index (χ0v) is 7.88. The van der Waals surface area contributed by atoms with Gasteiger partial charge in [-0.05, 0) is 28.4 Å². The van der Waals surface area contributed by atoms with Crippen LogP contribution in [-0.4, -0.2) is 11.0 Å². The summed E-state index contributed by atoms with van der Waals surface area (Å²) in [5.41, 5.74) is 6.24. The molecule has 1 aliphatic carbocycles. The van der Waals surface area contributed by atoms with Crippen molar-refractivity contribution < 1.29 is 4.39 Å². The third-order valence-electron chi connectivity index (χ3n) is 2.07. The molecule has 0 saturated heterocycles. The van der Waals surface area contributed by atoms with Gasteiger partial charge in [0.05, 0.1) is 0 Å². The van der Waals surface area contributed by atoms with Gasteiger partial charge in [-0.15, -0.1) is 0 Å². The van der Waals surface area contributed by atoms with Gasteiger partial charge in [-0.3, -0.25) is 0 Å². The molecule has 2 N–H and O–H groups in total. The molecular formula is C8H8BrFN2. The molecule has 12 heavy (non-hydrogen) atoms. The Morgan fingerprint density at radius 1 is 1.67 bits per heavy atom. The number of hydrogen-bond donors (Lipinski definition) is 1. The van der Waals surface area contributed by atoms with Gasteiger partial charge in [-0.2, -0.15) is 4.39 Å². The zero-order chi connectivity index (χ0) is 8.72. The Kier molecular flexibility index (Phi) is 1.88. The van der Waals surface area contributed by atoms with Crippen LogP contribution in [0.4, 0.5) is 4.39 Å². The third kappa shape index (κ3) is 1.36. The summed E-state index contributed by atoms with van der Waals surface area (Å²) in [4.78, 5) is 3.61. The van der Waals surface area contributed by atoms with Gasteiger partial charge < -0.3 is 5.73 Å². The molecule has 1 fully saturated rings. The predicted molar refractivity (Wildman–Crippen MR) is 47.2 cm³/mol. The Bertz CT molecular complexity index is 316. The number of nitrogens with two attached hydrogens (primary N) is 1. The standard InChI is InChI=1S/C8H8BrFN2/c9-4-1-6(5-2-7(5)11)8(10)12-3-4/h1,3,5,7H,2,11H2/t5-,7+/m0/s1. The second-order valence-corrected chi connectivity index (χ2v) is 3.96. The van der Waals surface area contributed by atoms with Crippen LogP contribution in [0.25, 0.3) is 0 Å². The van der Waals surface area contributed by atoms with Crippen LogP contribution < -0.4 is 5.73 Å². The van der Waals surface area contributed by atoms with Crippen LogP contribution in [0.1, 0.15) is 17.9 Å². The number of halogens is 2. The van der Waals surface area contributed by atoms with E-state index < -0.39 is 5.95 Å². The fraction of sp³-hybridized carbons (Fsp3) is 0.375. The van der Waals surface area contributed by atoms with Crippen molar-refractivity contribution in [2.45, 2.75) is 18.4 Å². The highest BCUT2D eigenvalue weighted by Gasteiger charge is 2.37. The van der Waals surface area contributed by atoms with Gasteiger partial charge in [0.25, 0.3) is 0 Å². The first kappa shape index (κ1) is 8.13. The van der Waals surface area contributed by atoms with Crippen LogP contribution in [0.15, 0.2) is 16.7 Å². The van der Waals surface area contributed by atoms with E-state index in [0.717, 1.165) is 10.9 Å². The SMILES string of the molecule is N[C@@H]1C[C@H]1c1cc(Br)cnc1F. The third-order valence-corrected chi connectivity index (χ3v) is 2.51. The number of pyridine rings is 1. The van der Waals surface area contributed by atoms with Crippen LogP contribution in [0.5, 0.6) is 0 Å². The summed E-state index contributed by atoms with van der Waals surface area (Å²) in [6, 6.07) is 1.87. The van der Waals surface area contributed by atoms with Crippen molar-refractivity contribution in [3.8, 4) is 0 Å². The number of nitrogens with zero attached hydrogens (tertiary/aromatic N) is 1. The first-order valence-electron chi connectivity index (χ1n) is 3.75. The summed E-state index contributed by atoms with van der Waals surface area (Å²) in [7, 11) is 0. The molecule has 0 aromatic carbocycles. The number of aromatic nitrogens is 1. The van der Waals surface area contributed by atoms with Gasteiger partial charge >= 0.3 is 0 Å². The van der Waals surface area contributed by atoms with E-state index in [1.165, 1.54) is 6.20 Å². The van der Waals surface area contributed by atoms with E-state index in [0.29, 0.717) is 5.56 Å². The molecular weight excluding hydrogens is 223 g/mol. The van der Waals surface area contributed by atoms with Crippen molar-refractivity contribution in [3.63, 3.8) is 0 Å². The maximum absolute atomic E-state index is 13.0. The lowest BCUT2D eigenvalue weighted by atomic mass is 10.2. The summed E-state index contributed by atoms with van der Waals surface area (Å²) in [5.74, 6) is -0.217. The Balaban J connectivity index is 2.36. The fourth-order valence-corrected chi connectivity index (χ4v) is 1.62. The first-order valence-corrected chi connectivity index (χ1v) is 4.54. The van der Waals surface area contributed by atoms with Gasteiger partial charge in [0.1, 0.15) is 0 Å². The highest BCUT2D eigenvalue weighted by Crippen LogP contribution is 2.40. The van der Waals surface area contributed by atoms with Gasteiger partial charge in [-0.25, -0.2) is 4.98 Å². The largest absolute Gasteiger partial charge is 0.327 e. The Labute approximate surface area is 78.1 Å². The first-order chi connectivity index (χ1) is 5.68. The molecule has 1 aromatic heterocycles. The summed E-state index contributed by atoms with van der Waals surface area (Å²) in [6.07, 6.45) is 2.32. The Morgan fingerprint density at radius 3 is 2.92 bits per heavy atom. The fourth-order valence-electron chi connectivity index (χ4n) is 1.27. The normalized spacial score (nSPS) is 27.2. The molecule has 2 rings (SSSR count). The average Bonchev–Trinajstić information content (AvgIpc) is 2.73. The molecule has 1 aromatic rings. The lowest BCUT2D eigenvalue weighted by Gasteiger charge is -1.99. The van der Waals surface area contributed by atoms with Crippen molar-refractivity contribution in [3.05, 3.63) is 28.2 Å². The van der Waals surface area contributed by atoms with Gasteiger partial charge in [0.2, 0.25) is 5.95 Å². The molecule has 2 atom stereocenters. The maximum atomic E-state index is 13.0. The Hall–Kier alpha value is -0.480. The second-order valence-electron chi connectivity index (χ2n) is 3.04. The van der Waals surface area contributed by atoms with E-state index >= 15 is 0 Å². The highest BCUT2D eigenvalue weighted by molar-refractivity contribution is 9.10. The van der Waals surface area contributed by atoms with Gasteiger partial charge in [-0.1, -0.05) is 0 Å². The van der Waals surface area contributed by atoms with E-state index in [1.54, 1.807) is 6.07 Å². The lowest BCUT2D eigenvalue weighted by Crippen LogP contribution is -2.03. The molecule has 0 aliphatic heterocycles. The van der Waals surface area contributed by atoms with E-state index in [1.807, 2.05) is 0 Å². The lowest BCUT2D eigenvalue weighted by molar-refractivity contribution is 0.565. The van der Waals surface area contributed by atoms with Crippen LogP contribution >= 0.6 is 15.9 Å². The molecule has 2 nitrogen and oxygen atoms in total. The van der Waals surface area contributed by atoms with E-state index in [-0.39, 0.29) is 12.0 Å². The molecule has 4 heteroatoms. The molecule has 0 spiro atoms. The van der Waals surface area contributed by atoms with Crippen LogP contribution in [0.3, 0.4) is 0 Å². The molecule has 0 radical (unpaired) electrons. The quantitative estimate of drug-likeness (QED) is 0.748. The van der Waals surface area contributed by atoms with E-state index in [9.17, 15) is 4.39 Å². The van der Waals surface area contributed by atoms with Crippen molar-refractivity contribution in [2.24, 2.45) is 5.73 Å². The highest BCUT2D eigenvalue weighted by atomic mass is 79.9. The molecule has 0 bridgehead atoms. The van der Waals surface area contributed by atoms with Crippen LogP contribution in [0.2, 0.25) is 0 Å². The summed E-state index contributed by atoms with van der Waals surface area (Å²) in [6.45, 7) is 0. The minimum absolute atomic E-state index is 0.121. The zero-order valence-electron chi connectivity index (χ0n) is 6.30. The summed E-state index contributed by atoms with van der Waals surface area (Å²) in [5, 5.41) is 0. The van der Waals surface area contributed by atoms with Crippen molar-refractivity contribution in [1.82, 2.24) is 4.98 Å². The van der Waals surface area contributed by atoms with Crippen molar-refractivity contribution >= 4 is 15.9 Å². The van der Waals surface area contributed by atoms with Crippen molar-refractivity contribution in [1.29, 1.82) is 0 Å².